The third kappa shape index (κ3) is 2.74. The molecule has 0 heterocycles. The summed E-state index contributed by atoms with van der Waals surface area (Å²) in [7, 11) is 0. The quantitative estimate of drug-likeness (QED) is 0.815. The van der Waals surface area contributed by atoms with E-state index in [1.165, 1.54) is 11.1 Å². The maximum atomic E-state index is 12.4. The first-order valence-electron chi connectivity index (χ1n) is 6.67. The van der Waals surface area contributed by atoms with Gasteiger partial charge < -0.3 is 0 Å². The number of fused-ring (bicyclic) bond motifs is 1. The van der Waals surface area contributed by atoms with Crippen molar-refractivity contribution in [2.24, 2.45) is 5.92 Å². The standard InChI is InChI=1S/C17H14Cl2O/c18-15-6-5-11(7-16(15)19)8-17(20)14-9-12-3-1-2-4-13(12)10-14/h1-7,14H,8-10H2. The van der Waals surface area contributed by atoms with E-state index in [0.29, 0.717) is 16.5 Å². The lowest BCUT2D eigenvalue weighted by Gasteiger charge is -2.08. The van der Waals surface area contributed by atoms with Crippen LogP contribution in [0.1, 0.15) is 16.7 Å². The first kappa shape index (κ1) is 13.7. The molecule has 2 aromatic rings. The third-order valence-electron chi connectivity index (χ3n) is 3.87. The van der Waals surface area contributed by atoms with Gasteiger partial charge in [-0.05, 0) is 41.7 Å². The van der Waals surface area contributed by atoms with Crippen LogP contribution < -0.4 is 0 Å². The monoisotopic (exact) mass is 304 g/mol. The molecule has 0 bridgehead atoms. The summed E-state index contributed by atoms with van der Waals surface area (Å²) in [6, 6.07) is 13.7. The molecule has 0 atom stereocenters. The van der Waals surface area contributed by atoms with Crippen molar-refractivity contribution in [2.75, 3.05) is 0 Å². The fourth-order valence-corrected chi connectivity index (χ4v) is 3.10. The average Bonchev–Trinajstić information content (AvgIpc) is 2.87. The summed E-state index contributed by atoms with van der Waals surface area (Å²) in [5.74, 6) is 0.376. The van der Waals surface area contributed by atoms with Crippen LogP contribution in [0.15, 0.2) is 42.5 Å². The zero-order chi connectivity index (χ0) is 14.1. The minimum Gasteiger partial charge on any atom is -0.299 e. The van der Waals surface area contributed by atoms with Crippen LogP contribution in [-0.4, -0.2) is 5.78 Å². The molecular weight excluding hydrogens is 291 g/mol. The highest BCUT2D eigenvalue weighted by atomic mass is 35.5. The highest BCUT2D eigenvalue weighted by molar-refractivity contribution is 6.42. The van der Waals surface area contributed by atoms with E-state index in [0.717, 1.165) is 18.4 Å². The number of carbonyl (C=O) groups is 1. The first-order valence-corrected chi connectivity index (χ1v) is 7.42. The summed E-state index contributed by atoms with van der Waals surface area (Å²) in [5.41, 5.74) is 3.54. The highest BCUT2D eigenvalue weighted by Gasteiger charge is 2.26. The number of carbonyl (C=O) groups excluding carboxylic acids is 1. The van der Waals surface area contributed by atoms with Crippen LogP contribution in [0.2, 0.25) is 10.0 Å². The molecule has 0 saturated heterocycles. The molecule has 0 aliphatic heterocycles. The number of Topliss-reactive ketones (excluding diaryl/α,β-unsaturated/α-hetero) is 1. The van der Waals surface area contributed by atoms with Gasteiger partial charge in [0.05, 0.1) is 10.0 Å². The SMILES string of the molecule is O=C(Cc1ccc(Cl)c(Cl)c1)C1Cc2ccccc2C1. The van der Waals surface area contributed by atoms with Gasteiger partial charge in [0.15, 0.2) is 0 Å². The minimum atomic E-state index is 0.0989. The largest absolute Gasteiger partial charge is 0.299 e. The van der Waals surface area contributed by atoms with E-state index in [1.54, 1.807) is 12.1 Å². The fraction of sp³-hybridized carbons (Fsp3) is 0.235. The van der Waals surface area contributed by atoms with Crippen molar-refractivity contribution in [3.05, 3.63) is 69.2 Å². The Hall–Kier alpha value is -1.31. The van der Waals surface area contributed by atoms with Crippen molar-refractivity contribution in [1.82, 2.24) is 0 Å². The molecule has 0 spiro atoms. The van der Waals surface area contributed by atoms with Gasteiger partial charge in [0.2, 0.25) is 0 Å². The predicted molar refractivity (Wildman–Crippen MR) is 82.5 cm³/mol. The summed E-state index contributed by atoms with van der Waals surface area (Å²) < 4.78 is 0. The minimum absolute atomic E-state index is 0.0989. The number of halogens is 2. The molecule has 0 unspecified atom stereocenters. The normalized spacial score (nSPS) is 14.3. The van der Waals surface area contributed by atoms with Crippen LogP contribution in [0.4, 0.5) is 0 Å². The molecule has 0 radical (unpaired) electrons. The van der Waals surface area contributed by atoms with Crippen LogP contribution in [0.3, 0.4) is 0 Å². The molecule has 0 N–H and O–H groups in total. The van der Waals surface area contributed by atoms with Gasteiger partial charge in [-0.2, -0.15) is 0 Å². The molecule has 20 heavy (non-hydrogen) atoms. The molecule has 1 aliphatic rings. The topological polar surface area (TPSA) is 17.1 Å². The number of ketones is 1. The lowest BCUT2D eigenvalue weighted by Crippen LogP contribution is -2.17. The third-order valence-corrected chi connectivity index (χ3v) is 4.61. The Kier molecular flexibility index (Phi) is 3.82. The molecule has 2 aromatic carbocycles. The van der Waals surface area contributed by atoms with Crippen LogP contribution in [0, 0.1) is 5.92 Å². The predicted octanol–water partition coefficient (Wildman–Crippen LogP) is 4.52. The molecule has 1 nitrogen and oxygen atoms in total. The molecule has 3 heteroatoms. The molecule has 102 valence electrons. The summed E-state index contributed by atoms with van der Waals surface area (Å²) in [6.45, 7) is 0. The smallest absolute Gasteiger partial charge is 0.140 e. The van der Waals surface area contributed by atoms with Gasteiger partial charge in [-0.25, -0.2) is 0 Å². The van der Waals surface area contributed by atoms with Crippen LogP contribution >= 0.6 is 23.2 Å². The van der Waals surface area contributed by atoms with Crippen molar-refractivity contribution < 1.29 is 4.79 Å². The molecule has 0 amide bonds. The van der Waals surface area contributed by atoms with Crippen molar-refractivity contribution in [1.29, 1.82) is 0 Å². The Labute approximate surface area is 128 Å². The molecule has 0 saturated carbocycles. The van der Waals surface area contributed by atoms with E-state index in [9.17, 15) is 4.79 Å². The van der Waals surface area contributed by atoms with Gasteiger partial charge in [0.1, 0.15) is 5.78 Å². The van der Waals surface area contributed by atoms with E-state index in [4.69, 9.17) is 23.2 Å². The van der Waals surface area contributed by atoms with Gasteiger partial charge in [-0.1, -0.05) is 53.5 Å². The van der Waals surface area contributed by atoms with Crippen LogP contribution in [0.5, 0.6) is 0 Å². The second-order valence-corrected chi connectivity index (χ2v) is 6.08. The Morgan fingerprint density at radius 3 is 2.25 bits per heavy atom. The molecular formula is C17H14Cl2O. The summed E-state index contributed by atoms with van der Waals surface area (Å²) in [4.78, 5) is 12.4. The fourth-order valence-electron chi connectivity index (χ4n) is 2.78. The Morgan fingerprint density at radius 2 is 1.65 bits per heavy atom. The zero-order valence-corrected chi connectivity index (χ0v) is 12.4. The van der Waals surface area contributed by atoms with Gasteiger partial charge in [0.25, 0.3) is 0 Å². The number of rotatable bonds is 3. The Bertz CT molecular complexity index is 639. The van der Waals surface area contributed by atoms with Crippen molar-refractivity contribution in [2.45, 2.75) is 19.3 Å². The Morgan fingerprint density at radius 1 is 1.00 bits per heavy atom. The van der Waals surface area contributed by atoms with Crippen molar-refractivity contribution in [3.8, 4) is 0 Å². The number of hydrogen-bond donors (Lipinski definition) is 0. The first-order chi connectivity index (χ1) is 9.63. The summed E-state index contributed by atoms with van der Waals surface area (Å²) >= 11 is 11.9. The average molecular weight is 305 g/mol. The second kappa shape index (κ2) is 5.59. The van der Waals surface area contributed by atoms with E-state index in [1.807, 2.05) is 18.2 Å². The second-order valence-electron chi connectivity index (χ2n) is 5.27. The van der Waals surface area contributed by atoms with Gasteiger partial charge >= 0.3 is 0 Å². The van der Waals surface area contributed by atoms with Crippen LogP contribution in [-0.2, 0) is 24.1 Å². The van der Waals surface area contributed by atoms with Crippen molar-refractivity contribution in [3.63, 3.8) is 0 Å². The Balaban J connectivity index is 1.71. The van der Waals surface area contributed by atoms with Gasteiger partial charge in [-0.3, -0.25) is 4.79 Å². The highest BCUT2D eigenvalue weighted by Crippen LogP contribution is 2.29. The van der Waals surface area contributed by atoms with E-state index >= 15 is 0 Å². The number of benzene rings is 2. The van der Waals surface area contributed by atoms with Crippen molar-refractivity contribution >= 4 is 29.0 Å². The van der Waals surface area contributed by atoms with Gasteiger partial charge in [-0.15, -0.1) is 0 Å². The number of hydrogen-bond acceptors (Lipinski definition) is 1. The maximum absolute atomic E-state index is 12.4. The zero-order valence-electron chi connectivity index (χ0n) is 10.9. The summed E-state index contributed by atoms with van der Waals surface area (Å²) in [5, 5.41) is 1.03. The summed E-state index contributed by atoms with van der Waals surface area (Å²) in [6.07, 6.45) is 2.14. The molecule has 1 aliphatic carbocycles. The van der Waals surface area contributed by atoms with Gasteiger partial charge in [0, 0.05) is 12.3 Å². The van der Waals surface area contributed by atoms with Crippen LogP contribution in [0.25, 0.3) is 0 Å². The maximum Gasteiger partial charge on any atom is 0.140 e. The van der Waals surface area contributed by atoms with E-state index < -0.39 is 0 Å². The molecule has 0 aromatic heterocycles. The molecule has 0 fully saturated rings. The van der Waals surface area contributed by atoms with E-state index in [-0.39, 0.29) is 11.7 Å². The lowest BCUT2D eigenvalue weighted by atomic mass is 9.95. The lowest BCUT2D eigenvalue weighted by molar-refractivity contribution is -0.121. The van der Waals surface area contributed by atoms with E-state index in [2.05, 4.69) is 12.1 Å². The molecule has 3 rings (SSSR count).